The number of ketones is 1. The van der Waals surface area contributed by atoms with Crippen molar-refractivity contribution < 1.29 is 14.7 Å². The zero-order valence-electron chi connectivity index (χ0n) is 12.6. The number of fused-ring (bicyclic) bond motifs is 1. The molecule has 0 spiro atoms. The highest BCUT2D eigenvalue weighted by atomic mass is 16.4. The minimum atomic E-state index is -1.23. The van der Waals surface area contributed by atoms with Gasteiger partial charge in [-0.3, -0.25) is 4.79 Å². The van der Waals surface area contributed by atoms with Crippen molar-refractivity contribution >= 4 is 17.4 Å². The maximum Gasteiger partial charge on any atom is 0.358 e. The fraction of sp³-hybridized carbons (Fsp3) is 0.188. The summed E-state index contributed by atoms with van der Waals surface area (Å²) in [5.41, 5.74) is 2.80. The van der Waals surface area contributed by atoms with Crippen molar-refractivity contribution in [2.45, 2.75) is 20.3 Å². The van der Waals surface area contributed by atoms with Crippen molar-refractivity contribution in [3.05, 3.63) is 47.4 Å². The lowest BCUT2D eigenvalue weighted by Gasteiger charge is -2.06. The molecular formula is C16H14N4O3. The fourth-order valence-corrected chi connectivity index (χ4v) is 2.55. The Morgan fingerprint density at radius 3 is 2.48 bits per heavy atom. The first kappa shape index (κ1) is 14.8. The standard InChI is InChI=1S/C16H14N4O3/c1-9(21)8-12-14(16(22)23)17-18-15-13(10(2)19-20(12)15)11-6-4-3-5-7-11/h3-7H,8H2,1-2H3,(H,22,23). The second kappa shape index (κ2) is 5.60. The Morgan fingerprint density at radius 2 is 1.87 bits per heavy atom. The normalized spacial score (nSPS) is 10.9. The third-order valence-electron chi connectivity index (χ3n) is 3.49. The minimum absolute atomic E-state index is 0.0665. The van der Waals surface area contributed by atoms with E-state index in [1.165, 1.54) is 11.4 Å². The van der Waals surface area contributed by atoms with Crippen LogP contribution in [0.3, 0.4) is 0 Å². The van der Waals surface area contributed by atoms with E-state index in [0.29, 0.717) is 11.3 Å². The summed E-state index contributed by atoms with van der Waals surface area (Å²) in [5.74, 6) is -1.40. The smallest absolute Gasteiger partial charge is 0.358 e. The summed E-state index contributed by atoms with van der Waals surface area (Å²) in [6.07, 6.45) is -0.0665. The Balaban J connectivity index is 2.33. The van der Waals surface area contributed by atoms with Gasteiger partial charge in [-0.15, -0.1) is 10.2 Å². The average Bonchev–Trinajstić information content (AvgIpc) is 2.84. The number of Topliss-reactive ketones (excluding diaryl/α,β-unsaturated/α-hetero) is 1. The van der Waals surface area contributed by atoms with E-state index in [-0.39, 0.29) is 23.6 Å². The van der Waals surface area contributed by atoms with Crippen molar-refractivity contribution in [1.29, 1.82) is 0 Å². The van der Waals surface area contributed by atoms with Crippen molar-refractivity contribution in [3.8, 4) is 11.1 Å². The lowest BCUT2D eigenvalue weighted by molar-refractivity contribution is -0.116. The molecule has 2 aromatic heterocycles. The average molecular weight is 310 g/mol. The lowest BCUT2D eigenvalue weighted by atomic mass is 10.1. The van der Waals surface area contributed by atoms with Gasteiger partial charge in [0.1, 0.15) is 5.78 Å². The summed E-state index contributed by atoms with van der Waals surface area (Å²) in [4.78, 5) is 22.9. The molecule has 0 unspecified atom stereocenters. The van der Waals surface area contributed by atoms with Crippen LogP contribution < -0.4 is 0 Å². The van der Waals surface area contributed by atoms with Gasteiger partial charge in [-0.05, 0) is 19.4 Å². The quantitative estimate of drug-likeness (QED) is 0.790. The van der Waals surface area contributed by atoms with Crippen LogP contribution in [0.2, 0.25) is 0 Å². The first-order chi connectivity index (χ1) is 11.0. The number of hydrogen-bond acceptors (Lipinski definition) is 5. The Bertz CT molecular complexity index is 916. The molecule has 7 nitrogen and oxygen atoms in total. The second-order valence-electron chi connectivity index (χ2n) is 5.24. The molecule has 3 aromatic rings. The molecule has 0 radical (unpaired) electrons. The van der Waals surface area contributed by atoms with Gasteiger partial charge in [0.15, 0.2) is 11.3 Å². The van der Waals surface area contributed by atoms with Gasteiger partial charge in [-0.2, -0.15) is 5.10 Å². The van der Waals surface area contributed by atoms with Gasteiger partial charge in [0.05, 0.1) is 23.4 Å². The van der Waals surface area contributed by atoms with Crippen LogP contribution in [0.5, 0.6) is 0 Å². The number of aromatic nitrogens is 4. The maximum absolute atomic E-state index is 11.5. The van der Waals surface area contributed by atoms with Crippen LogP contribution in [-0.2, 0) is 11.2 Å². The molecule has 0 fully saturated rings. The van der Waals surface area contributed by atoms with E-state index < -0.39 is 5.97 Å². The van der Waals surface area contributed by atoms with Gasteiger partial charge in [0, 0.05) is 0 Å². The van der Waals surface area contributed by atoms with Crippen LogP contribution in [0.4, 0.5) is 0 Å². The van der Waals surface area contributed by atoms with Crippen LogP contribution in [-0.4, -0.2) is 36.7 Å². The number of carboxylic acids is 1. The number of carboxylic acid groups (broad SMARTS) is 1. The Kier molecular flexibility index (Phi) is 3.61. The Morgan fingerprint density at radius 1 is 1.17 bits per heavy atom. The largest absolute Gasteiger partial charge is 0.476 e. The molecule has 116 valence electrons. The van der Waals surface area contributed by atoms with Gasteiger partial charge < -0.3 is 5.11 Å². The highest BCUT2D eigenvalue weighted by Gasteiger charge is 2.22. The number of aromatic carboxylic acids is 1. The molecule has 0 aliphatic heterocycles. The topological polar surface area (TPSA) is 97.5 Å². The lowest BCUT2D eigenvalue weighted by Crippen LogP contribution is -2.16. The van der Waals surface area contributed by atoms with E-state index in [1.807, 2.05) is 37.3 Å². The SMILES string of the molecule is CC(=O)Cc1c(C(=O)O)nnc2c(-c3ccccc3)c(C)nn12. The molecular weight excluding hydrogens is 296 g/mol. The van der Waals surface area contributed by atoms with Gasteiger partial charge >= 0.3 is 5.97 Å². The molecule has 0 amide bonds. The van der Waals surface area contributed by atoms with Crippen LogP contribution in [0.15, 0.2) is 30.3 Å². The molecule has 1 N–H and O–H groups in total. The predicted molar refractivity (Wildman–Crippen MR) is 82.3 cm³/mol. The molecule has 0 saturated heterocycles. The fourth-order valence-electron chi connectivity index (χ4n) is 2.55. The third kappa shape index (κ3) is 2.57. The van der Waals surface area contributed by atoms with Gasteiger partial charge in [0.2, 0.25) is 0 Å². The molecule has 23 heavy (non-hydrogen) atoms. The molecule has 0 aliphatic rings. The van der Waals surface area contributed by atoms with Crippen LogP contribution in [0.1, 0.15) is 28.8 Å². The number of carbonyl (C=O) groups excluding carboxylic acids is 1. The van der Waals surface area contributed by atoms with Gasteiger partial charge in [0.25, 0.3) is 0 Å². The second-order valence-corrected chi connectivity index (χ2v) is 5.24. The van der Waals surface area contributed by atoms with Gasteiger partial charge in [-0.1, -0.05) is 30.3 Å². The Hall–Kier alpha value is -3.09. The Labute approximate surface area is 131 Å². The van der Waals surface area contributed by atoms with E-state index in [9.17, 15) is 14.7 Å². The number of aryl methyl sites for hydroxylation is 1. The monoisotopic (exact) mass is 310 g/mol. The van der Waals surface area contributed by atoms with Gasteiger partial charge in [-0.25, -0.2) is 9.31 Å². The first-order valence-electron chi connectivity index (χ1n) is 7.02. The zero-order valence-corrected chi connectivity index (χ0v) is 12.6. The zero-order chi connectivity index (χ0) is 16.6. The number of hydrogen-bond donors (Lipinski definition) is 1. The van der Waals surface area contributed by atoms with Crippen LogP contribution in [0, 0.1) is 6.92 Å². The molecule has 0 bridgehead atoms. The first-order valence-corrected chi connectivity index (χ1v) is 7.02. The number of rotatable bonds is 4. The molecule has 0 saturated carbocycles. The predicted octanol–water partition coefficient (Wildman–Crippen LogP) is 1.93. The highest BCUT2D eigenvalue weighted by Crippen LogP contribution is 2.27. The van der Waals surface area contributed by atoms with E-state index in [0.717, 1.165) is 11.1 Å². The van der Waals surface area contributed by atoms with E-state index >= 15 is 0 Å². The summed E-state index contributed by atoms with van der Waals surface area (Å²) >= 11 is 0. The minimum Gasteiger partial charge on any atom is -0.476 e. The molecule has 2 heterocycles. The molecule has 3 rings (SSSR count). The van der Waals surface area contributed by atoms with Crippen LogP contribution >= 0.6 is 0 Å². The molecule has 0 aliphatic carbocycles. The van der Waals surface area contributed by atoms with E-state index in [2.05, 4.69) is 15.3 Å². The molecule has 1 aromatic carbocycles. The summed E-state index contributed by atoms with van der Waals surface area (Å²) in [6, 6.07) is 9.53. The number of carbonyl (C=O) groups is 2. The number of nitrogens with zero attached hydrogens (tertiary/aromatic N) is 4. The summed E-state index contributed by atoms with van der Waals surface area (Å²) in [7, 11) is 0. The number of benzene rings is 1. The third-order valence-corrected chi connectivity index (χ3v) is 3.49. The summed E-state index contributed by atoms with van der Waals surface area (Å²) in [6.45, 7) is 3.21. The van der Waals surface area contributed by atoms with Crippen molar-refractivity contribution in [2.75, 3.05) is 0 Å². The van der Waals surface area contributed by atoms with E-state index in [1.54, 1.807) is 0 Å². The highest BCUT2D eigenvalue weighted by molar-refractivity contribution is 5.90. The molecule has 0 atom stereocenters. The van der Waals surface area contributed by atoms with E-state index in [4.69, 9.17) is 0 Å². The molecule has 7 heteroatoms. The van der Waals surface area contributed by atoms with Crippen LogP contribution in [0.25, 0.3) is 16.8 Å². The maximum atomic E-state index is 11.5. The summed E-state index contributed by atoms with van der Waals surface area (Å²) in [5, 5.41) is 21.5. The van der Waals surface area contributed by atoms with Crippen molar-refractivity contribution in [2.24, 2.45) is 0 Å². The van der Waals surface area contributed by atoms with Crippen molar-refractivity contribution in [1.82, 2.24) is 19.8 Å². The summed E-state index contributed by atoms with van der Waals surface area (Å²) < 4.78 is 1.41. The van der Waals surface area contributed by atoms with Crippen molar-refractivity contribution in [3.63, 3.8) is 0 Å².